The molecule has 0 saturated carbocycles. The number of halogens is 2. The molecule has 0 bridgehead atoms. The predicted molar refractivity (Wildman–Crippen MR) is 78.8 cm³/mol. The van der Waals surface area contributed by atoms with Gasteiger partial charge in [-0.25, -0.2) is 8.42 Å². The number of hydrogen-bond acceptors (Lipinski definition) is 4. The zero-order chi connectivity index (χ0) is 13.3. The van der Waals surface area contributed by atoms with Gasteiger partial charge in [-0.15, -0.1) is 11.3 Å². The van der Waals surface area contributed by atoms with E-state index in [1.54, 1.807) is 0 Å². The molecule has 0 amide bonds. The van der Waals surface area contributed by atoms with Crippen LogP contribution in [0.2, 0.25) is 5.02 Å². The number of rotatable bonds is 3. The van der Waals surface area contributed by atoms with Crippen molar-refractivity contribution in [2.75, 3.05) is 5.73 Å². The van der Waals surface area contributed by atoms with Crippen molar-refractivity contribution in [1.29, 1.82) is 0 Å². The van der Waals surface area contributed by atoms with E-state index >= 15 is 0 Å². The van der Waals surface area contributed by atoms with E-state index in [1.165, 1.54) is 29.5 Å². The summed E-state index contributed by atoms with van der Waals surface area (Å²) in [4.78, 5) is 0.872. The number of hydrogen-bond donors (Lipinski definition) is 1. The summed E-state index contributed by atoms with van der Waals surface area (Å²) in [6.45, 7) is 0. The van der Waals surface area contributed by atoms with E-state index in [9.17, 15) is 8.42 Å². The van der Waals surface area contributed by atoms with Gasteiger partial charge in [0.15, 0.2) is 9.84 Å². The van der Waals surface area contributed by atoms with Crippen molar-refractivity contribution in [2.24, 2.45) is 0 Å². The molecule has 0 spiro atoms. The Labute approximate surface area is 123 Å². The quantitative estimate of drug-likeness (QED) is 0.842. The van der Waals surface area contributed by atoms with Crippen LogP contribution in [0.15, 0.2) is 39.0 Å². The highest BCUT2D eigenvalue weighted by molar-refractivity contribution is 9.10. The summed E-state index contributed by atoms with van der Waals surface area (Å²) in [7, 11) is -3.46. The normalized spacial score (nSPS) is 11.7. The van der Waals surface area contributed by atoms with Gasteiger partial charge in [0, 0.05) is 14.4 Å². The molecule has 0 saturated heterocycles. The molecule has 0 aliphatic rings. The third kappa shape index (κ3) is 2.88. The smallest absolute Gasteiger partial charge is 0.185 e. The summed E-state index contributed by atoms with van der Waals surface area (Å²) < 4.78 is 25.3. The number of nitrogens with two attached hydrogens (primary N) is 1. The molecule has 0 aliphatic heterocycles. The Morgan fingerprint density at radius 3 is 2.61 bits per heavy atom. The number of anilines is 1. The first-order chi connectivity index (χ1) is 8.40. The van der Waals surface area contributed by atoms with Crippen LogP contribution in [0.4, 0.5) is 5.69 Å². The first-order valence-electron chi connectivity index (χ1n) is 4.90. The van der Waals surface area contributed by atoms with Crippen LogP contribution >= 0.6 is 38.9 Å². The van der Waals surface area contributed by atoms with Gasteiger partial charge in [0.2, 0.25) is 0 Å². The molecule has 2 N–H and O–H groups in total. The maximum Gasteiger partial charge on any atom is 0.185 e. The summed E-state index contributed by atoms with van der Waals surface area (Å²) >= 11 is 10.5. The lowest BCUT2D eigenvalue weighted by Crippen LogP contribution is -2.07. The lowest BCUT2D eigenvalue weighted by atomic mass is 10.3. The Morgan fingerprint density at radius 1 is 1.33 bits per heavy atom. The lowest BCUT2D eigenvalue weighted by molar-refractivity contribution is 0.596. The molecular formula is C11H9BrClNO2S2. The molecule has 0 fully saturated rings. The molecule has 3 nitrogen and oxygen atoms in total. The molecule has 1 heterocycles. The summed E-state index contributed by atoms with van der Waals surface area (Å²) in [6, 6.07) is 6.22. The molecule has 1 aromatic heterocycles. The van der Waals surface area contributed by atoms with Gasteiger partial charge in [-0.1, -0.05) is 11.6 Å². The van der Waals surface area contributed by atoms with Crippen molar-refractivity contribution < 1.29 is 8.42 Å². The summed E-state index contributed by atoms with van der Waals surface area (Å²) in [5, 5.41) is 2.25. The maximum absolute atomic E-state index is 12.2. The minimum atomic E-state index is -3.46. The minimum absolute atomic E-state index is 0.0723. The Hall–Kier alpha value is -0.560. The second-order valence-electron chi connectivity index (χ2n) is 3.63. The van der Waals surface area contributed by atoms with E-state index in [-0.39, 0.29) is 16.3 Å². The summed E-state index contributed by atoms with van der Waals surface area (Å²) in [5.41, 5.74) is 5.88. The van der Waals surface area contributed by atoms with Crippen LogP contribution in [0.5, 0.6) is 0 Å². The molecule has 0 atom stereocenters. The average Bonchev–Trinajstić information content (AvgIpc) is 2.63. The Morgan fingerprint density at radius 2 is 2.06 bits per heavy atom. The third-order valence-corrected chi connectivity index (χ3v) is 6.37. The van der Waals surface area contributed by atoms with Crippen LogP contribution in [0.25, 0.3) is 0 Å². The molecule has 0 unspecified atom stereocenters. The van der Waals surface area contributed by atoms with Gasteiger partial charge in [0.25, 0.3) is 0 Å². The minimum Gasteiger partial charge on any atom is -0.398 e. The van der Waals surface area contributed by atoms with Crippen molar-refractivity contribution in [3.8, 4) is 0 Å². The fourth-order valence-corrected chi connectivity index (χ4v) is 5.21. The van der Waals surface area contributed by atoms with Crippen LogP contribution in [-0.2, 0) is 15.6 Å². The number of benzene rings is 1. The highest BCUT2D eigenvalue weighted by Gasteiger charge is 2.20. The molecule has 96 valence electrons. The second-order valence-corrected chi connectivity index (χ2v) is 7.88. The lowest BCUT2D eigenvalue weighted by Gasteiger charge is -2.07. The molecule has 2 rings (SSSR count). The van der Waals surface area contributed by atoms with Crippen LogP contribution in [0.3, 0.4) is 0 Å². The second kappa shape index (κ2) is 5.21. The third-order valence-electron chi connectivity index (χ3n) is 2.32. The fourth-order valence-electron chi connectivity index (χ4n) is 1.48. The van der Waals surface area contributed by atoms with Crippen molar-refractivity contribution in [2.45, 2.75) is 10.6 Å². The van der Waals surface area contributed by atoms with E-state index in [0.29, 0.717) is 5.02 Å². The topological polar surface area (TPSA) is 60.2 Å². The average molecular weight is 367 g/mol. The van der Waals surface area contributed by atoms with E-state index in [0.717, 1.165) is 9.35 Å². The van der Waals surface area contributed by atoms with Gasteiger partial charge in [0.05, 0.1) is 16.3 Å². The molecule has 1 aromatic carbocycles. The van der Waals surface area contributed by atoms with Crippen LogP contribution in [-0.4, -0.2) is 8.42 Å². The Balaban J connectivity index is 2.40. The fraction of sp³-hybridized carbons (Fsp3) is 0.0909. The number of nitrogen functional groups attached to an aromatic ring is 1. The highest BCUT2D eigenvalue weighted by Crippen LogP contribution is 2.30. The van der Waals surface area contributed by atoms with Crippen LogP contribution < -0.4 is 5.73 Å². The van der Waals surface area contributed by atoms with E-state index in [4.69, 9.17) is 17.3 Å². The van der Waals surface area contributed by atoms with E-state index < -0.39 is 9.84 Å². The number of sulfone groups is 1. The number of thiophene rings is 1. The Bertz CT molecular complexity index is 682. The van der Waals surface area contributed by atoms with Crippen LogP contribution in [0.1, 0.15) is 4.88 Å². The molecule has 0 radical (unpaired) electrons. The maximum atomic E-state index is 12.2. The Kier molecular flexibility index (Phi) is 4.01. The summed E-state index contributed by atoms with van der Waals surface area (Å²) in [5.74, 6) is -0.0723. The molecule has 7 heteroatoms. The van der Waals surface area contributed by atoms with Gasteiger partial charge in [-0.05, 0) is 45.6 Å². The van der Waals surface area contributed by atoms with Gasteiger partial charge in [-0.3, -0.25) is 0 Å². The van der Waals surface area contributed by atoms with Crippen molar-refractivity contribution in [3.05, 3.63) is 44.0 Å². The zero-order valence-corrected chi connectivity index (χ0v) is 13.0. The first-order valence-corrected chi connectivity index (χ1v) is 8.60. The van der Waals surface area contributed by atoms with Gasteiger partial charge in [-0.2, -0.15) is 0 Å². The van der Waals surface area contributed by atoms with E-state index in [1.807, 2.05) is 11.4 Å². The van der Waals surface area contributed by atoms with Gasteiger partial charge < -0.3 is 5.73 Å². The standard InChI is InChI=1S/C11H9BrClNO2S2/c12-8-3-4-17-10(8)6-18(15,16)11-2-1-7(13)5-9(11)14/h1-5H,6,14H2. The molecule has 0 aliphatic carbocycles. The largest absolute Gasteiger partial charge is 0.398 e. The first kappa shape index (κ1) is 13.9. The van der Waals surface area contributed by atoms with Crippen LogP contribution in [0, 0.1) is 0 Å². The van der Waals surface area contributed by atoms with Gasteiger partial charge in [0.1, 0.15) is 0 Å². The monoisotopic (exact) mass is 365 g/mol. The molecule has 2 aromatic rings. The highest BCUT2D eigenvalue weighted by atomic mass is 79.9. The SMILES string of the molecule is Nc1cc(Cl)ccc1S(=O)(=O)Cc1sccc1Br. The molecule has 18 heavy (non-hydrogen) atoms. The van der Waals surface area contributed by atoms with Crippen molar-refractivity contribution >= 4 is 54.4 Å². The summed E-state index contributed by atoms with van der Waals surface area (Å²) in [6.07, 6.45) is 0. The molecular weight excluding hydrogens is 358 g/mol. The van der Waals surface area contributed by atoms with Crippen molar-refractivity contribution in [1.82, 2.24) is 0 Å². The predicted octanol–water partition coefficient (Wildman–Crippen LogP) is 3.72. The zero-order valence-electron chi connectivity index (χ0n) is 9.06. The van der Waals surface area contributed by atoms with Crippen molar-refractivity contribution in [3.63, 3.8) is 0 Å². The van der Waals surface area contributed by atoms with Gasteiger partial charge >= 0.3 is 0 Å². The van der Waals surface area contributed by atoms with E-state index in [2.05, 4.69) is 15.9 Å².